The molecule has 0 amide bonds. The van der Waals surface area contributed by atoms with E-state index in [2.05, 4.69) is 0 Å². The molecule has 0 aromatic heterocycles. The maximum Gasteiger partial charge on any atom is 0.207 e. The van der Waals surface area contributed by atoms with E-state index in [0.29, 0.717) is 11.1 Å². The summed E-state index contributed by atoms with van der Waals surface area (Å²) < 4.78 is 25.7. The molecule has 0 aliphatic carbocycles. The average molecular weight is 306 g/mol. The van der Waals surface area contributed by atoms with E-state index in [1.54, 1.807) is 48.5 Å². The highest BCUT2D eigenvalue weighted by Gasteiger charge is 2.23. The standard InChI is InChI=1S/C16H18O4S/c17-11-9-13-5-1-3-7-15(13)21(19,20)16-8-4-2-6-14(16)10-12-18/h1-8,17-18H,9-12H2. The van der Waals surface area contributed by atoms with Crippen LogP contribution in [0.1, 0.15) is 11.1 Å². The van der Waals surface area contributed by atoms with Gasteiger partial charge in [-0.25, -0.2) is 8.42 Å². The van der Waals surface area contributed by atoms with Crippen molar-refractivity contribution < 1.29 is 18.6 Å². The van der Waals surface area contributed by atoms with Crippen LogP contribution in [0.25, 0.3) is 0 Å². The number of benzene rings is 2. The van der Waals surface area contributed by atoms with E-state index < -0.39 is 9.84 Å². The zero-order valence-electron chi connectivity index (χ0n) is 11.6. The van der Waals surface area contributed by atoms with Crippen molar-refractivity contribution in [2.75, 3.05) is 13.2 Å². The van der Waals surface area contributed by atoms with Crippen LogP contribution in [0.5, 0.6) is 0 Å². The molecule has 0 heterocycles. The Bertz CT molecular complexity index is 652. The third kappa shape index (κ3) is 3.32. The lowest BCUT2D eigenvalue weighted by Crippen LogP contribution is -2.10. The minimum atomic E-state index is -3.67. The van der Waals surface area contributed by atoms with Gasteiger partial charge in [-0.2, -0.15) is 0 Å². The van der Waals surface area contributed by atoms with Crippen molar-refractivity contribution in [3.05, 3.63) is 59.7 Å². The van der Waals surface area contributed by atoms with Gasteiger partial charge < -0.3 is 10.2 Å². The third-order valence-electron chi connectivity index (χ3n) is 3.29. The predicted octanol–water partition coefficient (Wildman–Crippen LogP) is 1.59. The second kappa shape index (κ2) is 6.85. The third-order valence-corrected chi connectivity index (χ3v) is 5.24. The monoisotopic (exact) mass is 306 g/mol. The molecule has 0 aliphatic heterocycles. The normalized spacial score (nSPS) is 11.5. The maximum absolute atomic E-state index is 12.9. The van der Waals surface area contributed by atoms with E-state index in [-0.39, 0.29) is 35.8 Å². The summed E-state index contributed by atoms with van der Waals surface area (Å²) in [5.41, 5.74) is 1.19. The van der Waals surface area contributed by atoms with Gasteiger partial charge in [0.2, 0.25) is 9.84 Å². The van der Waals surface area contributed by atoms with Gasteiger partial charge in [0.1, 0.15) is 0 Å². The van der Waals surface area contributed by atoms with Crippen LogP contribution in [-0.2, 0) is 22.7 Å². The molecule has 2 rings (SSSR count). The summed E-state index contributed by atoms with van der Waals surface area (Å²) >= 11 is 0. The summed E-state index contributed by atoms with van der Waals surface area (Å²) in [5, 5.41) is 18.2. The van der Waals surface area contributed by atoms with Crippen LogP contribution in [0.2, 0.25) is 0 Å². The fourth-order valence-corrected chi connectivity index (χ4v) is 4.09. The summed E-state index contributed by atoms with van der Waals surface area (Å²) in [6.45, 7) is -0.213. The number of hydrogen-bond donors (Lipinski definition) is 2. The van der Waals surface area contributed by atoms with Crippen molar-refractivity contribution >= 4 is 9.84 Å². The second-order valence-electron chi connectivity index (χ2n) is 4.67. The van der Waals surface area contributed by atoms with Gasteiger partial charge in [-0.1, -0.05) is 36.4 Å². The maximum atomic E-state index is 12.9. The summed E-state index contributed by atoms with van der Waals surface area (Å²) in [5.74, 6) is 0. The Hall–Kier alpha value is -1.69. The van der Waals surface area contributed by atoms with Crippen LogP contribution >= 0.6 is 0 Å². The molecule has 21 heavy (non-hydrogen) atoms. The first-order valence-electron chi connectivity index (χ1n) is 6.74. The van der Waals surface area contributed by atoms with Crippen LogP contribution in [0.4, 0.5) is 0 Å². The highest BCUT2D eigenvalue weighted by atomic mass is 32.2. The van der Waals surface area contributed by atoms with E-state index in [4.69, 9.17) is 10.2 Å². The minimum Gasteiger partial charge on any atom is -0.396 e. The topological polar surface area (TPSA) is 74.6 Å². The summed E-state index contributed by atoms with van der Waals surface area (Å²) in [6, 6.07) is 13.4. The minimum absolute atomic E-state index is 0.106. The zero-order valence-corrected chi connectivity index (χ0v) is 12.4. The molecule has 0 saturated carbocycles. The highest BCUT2D eigenvalue weighted by Crippen LogP contribution is 2.27. The molecule has 2 N–H and O–H groups in total. The van der Waals surface area contributed by atoms with Crippen molar-refractivity contribution in [3.8, 4) is 0 Å². The van der Waals surface area contributed by atoms with Crippen LogP contribution in [0, 0.1) is 0 Å². The van der Waals surface area contributed by atoms with Gasteiger partial charge in [0.15, 0.2) is 0 Å². The van der Waals surface area contributed by atoms with Crippen molar-refractivity contribution in [2.24, 2.45) is 0 Å². The molecular formula is C16H18O4S. The van der Waals surface area contributed by atoms with E-state index in [1.807, 2.05) is 0 Å². The molecule has 0 atom stereocenters. The van der Waals surface area contributed by atoms with E-state index in [1.165, 1.54) is 0 Å². The Labute approximate surface area is 124 Å². The molecule has 2 aromatic rings. The van der Waals surface area contributed by atoms with Gasteiger partial charge in [0, 0.05) is 13.2 Å². The van der Waals surface area contributed by atoms with Crippen molar-refractivity contribution in [1.82, 2.24) is 0 Å². The average Bonchev–Trinajstić information content (AvgIpc) is 2.49. The molecule has 0 bridgehead atoms. The Kier molecular flexibility index (Phi) is 5.12. The van der Waals surface area contributed by atoms with Gasteiger partial charge in [-0.15, -0.1) is 0 Å². The van der Waals surface area contributed by atoms with Crippen molar-refractivity contribution in [3.63, 3.8) is 0 Å². The van der Waals surface area contributed by atoms with Gasteiger partial charge in [0.05, 0.1) is 9.79 Å². The lowest BCUT2D eigenvalue weighted by molar-refractivity contribution is 0.298. The molecule has 2 aromatic carbocycles. The van der Waals surface area contributed by atoms with Crippen LogP contribution in [-0.4, -0.2) is 31.8 Å². The Morgan fingerprint density at radius 2 is 1.10 bits per heavy atom. The first-order chi connectivity index (χ1) is 10.1. The number of sulfone groups is 1. The lowest BCUT2D eigenvalue weighted by Gasteiger charge is -2.13. The number of aliphatic hydroxyl groups is 2. The smallest absolute Gasteiger partial charge is 0.207 e. The van der Waals surface area contributed by atoms with Gasteiger partial charge >= 0.3 is 0 Å². The van der Waals surface area contributed by atoms with Crippen LogP contribution < -0.4 is 0 Å². The molecule has 0 fully saturated rings. The van der Waals surface area contributed by atoms with Crippen LogP contribution in [0.15, 0.2) is 58.3 Å². The summed E-state index contributed by atoms with van der Waals surface area (Å²) in [4.78, 5) is 0.425. The van der Waals surface area contributed by atoms with Crippen molar-refractivity contribution in [1.29, 1.82) is 0 Å². The quantitative estimate of drug-likeness (QED) is 0.850. The van der Waals surface area contributed by atoms with Crippen molar-refractivity contribution in [2.45, 2.75) is 22.6 Å². The van der Waals surface area contributed by atoms with Gasteiger partial charge in [-0.05, 0) is 36.1 Å². The fraction of sp³-hybridized carbons (Fsp3) is 0.250. The lowest BCUT2D eigenvalue weighted by atomic mass is 10.1. The summed E-state index contributed by atoms with van der Waals surface area (Å²) in [6.07, 6.45) is 0.579. The molecule has 0 unspecified atom stereocenters. The first-order valence-corrected chi connectivity index (χ1v) is 8.22. The molecule has 0 aliphatic rings. The molecule has 4 nitrogen and oxygen atoms in total. The highest BCUT2D eigenvalue weighted by molar-refractivity contribution is 7.91. The number of aliphatic hydroxyl groups excluding tert-OH is 2. The first kappa shape index (κ1) is 15.7. The Morgan fingerprint density at radius 1 is 0.714 bits per heavy atom. The Balaban J connectivity index is 2.58. The van der Waals surface area contributed by atoms with E-state index >= 15 is 0 Å². The largest absolute Gasteiger partial charge is 0.396 e. The van der Waals surface area contributed by atoms with E-state index in [0.717, 1.165) is 0 Å². The summed E-state index contributed by atoms with van der Waals surface area (Å²) in [7, 11) is -3.67. The molecular weight excluding hydrogens is 288 g/mol. The Morgan fingerprint density at radius 3 is 1.48 bits per heavy atom. The molecule has 0 saturated heterocycles. The van der Waals surface area contributed by atoms with Gasteiger partial charge in [-0.3, -0.25) is 0 Å². The SMILES string of the molecule is O=S(=O)(c1ccccc1CCO)c1ccccc1CCO. The second-order valence-corrected chi connectivity index (χ2v) is 6.55. The fourth-order valence-electron chi connectivity index (χ4n) is 2.30. The molecule has 5 heteroatoms. The predicted molar refractivity (Wildman–Crippen MR) is 79.9 cm³/mol. The molecule has 0 radical (unpaired) electrons. The van der Waals surface area contributed by atoms with Crippen LogP contribution in [0.3, 0.4) is 0 Å². The van der Waals surface area contributed by atoms with E-state index in [9.17, 15) is 8.42 Å². The number of rotatable bonds is 6. The molecule has 0 spiro atoms. The molecule has 112 valence electrons. The zero-order chi connectivity index (χ0) is 15.3. The number of hydrogen-bond acceptors (Lipinski definition) is 4. The van der Waals surface area contributed by atoms with Gasteiger partial charge in [0.25, 0.3) is 0 Å².